The lowest BCUT2D eigenvalue weighted by molar-refractivity contribution is 0.141. The van der Waals surface area contributed by atoms with Crippen molar-refractivity contribution in [2.24, 2.45) is 0 Å². The van der Waals surface area contributed by atoms with Gasteiger partial charge in [-0.05, 0) is 7.05 Å². The summed E-state index contributed by atoms with van der Waals surface area (Å²) in [4.78, 5) is 0. The molecule has 16 heavy (non-hydrogen) atoms. The number of hydrogen-bond donors (Lipinski definition) is 2. The van der Waals surface area contributed by atoms with Crippen molar-refractivity contribution in [2.45, 2.75) is 6.23 Å². The van der Waals surface area contributed by atoms with E-state index < -0.39 is 6.23 Å². The molecule has 0 saturated carbocycles. The normalized spacial score (nSPS) is 12.1. The second kappa shape index (κ2) is 5.58. The molecule has 5 heteroatoms. The van der Waals surface area contributed by atoms with Gasteiger partial charge in [-0.1, -0.05) is 0 Å². The minimum Gasteiger partial charge on any atom is -0.496 e. The van der Waals surface area contributed by atoms with E-state index in [1.54, 1.807) is 26.3 Å². The molecule has 0 aliphatic heterocycles. The fourth-order valence-electron chi connectivity index (χ4n) is 1.45. The topological polar surface area (TPSA) is 60.0 Å². The van der Waals surface area contributed by atoms with Crippen molar-refractivity contribution < 1.29 is 19.3 Å². The Balaban J connectivity index is 3.31. The van der Waals surface area contributed by atoms with Crippen molar-refractivity contribution in [1.29, 1.82) is 0 Å². The molecule has 0 fully saturated rings. The average Bonchev–Trinajstić information content (AvgIpc) is 2.35. The molecule has 0 spiro atoms. The van der Waals surface area contributed by atoms with E-state index in [2.05, 4.69) is 5.32 Å². The van der Waals surface area contributed by atoms with Gasteiger partial charge in [-0.3, -0.25) is 5.32 Å². The van der Waals surface area contributed by atoms with Crippen LogP contribution in [-0.4, -0.2) is 33.5 Å². The van der Waals surface area contributed by atoms with Gasteiger partial charge in [-0.2, -0.15) is 0 Å². The van der Waals surface area contributed by atoms with Crippen LogP contribution in [0.2, 0.25) is 0 Å². The molecule has 0 heterocycles. The molecule has 0 saturated heterocycles. The average molecular weight is 227 g/mol. The van der Waals surface area contributed by atoms with Crippen LogP contribution in [0.5, 0.6) is 17.2 Å². The van der Waals surface area contributed by atoms with Gasteiger partial charge in [0.1, 0.15) is 23.5 Å². The number of methoxy groups -OCH3 is 3. The van der Waals surface area contributed by atoms with E-state index in [4.69, 9.17) is 14.2 Å². The Labute approximate surface area is 94.9 Å². The van der Waals surface area contributed by atoms with Gasteiger partial charge in [0.25, 0.3) is 0 Å². The van der Waals surface area contributed by atoms with E-state index in [9.17, 15) is 5.11 Å². The summed E-state index contributed by atoms with van der Waals surface area (Å²) in [6, 6.07) is 3.39. The second-order valence-electron chi connectivity index (χ2n) is 3.14. The Morgan fingerprint density at radius 3 is 1.88 bits per heavy atom. The number of ether oxygens (including phenoxy) is 3. The quantitative estimate of drug-likeness (QED) is 0.733. The summed E-state index contributed by atoms with van der Waals surface area (Å²) in [6.45, 7) is 0. The molecule has 1 aromatic carbocycles. The molecule has 1 atom stereocenters. The predicted molar refractivity (Wildman–Crippen MR) is 60.1 cm³/mol. The number of rotatable bonds is 5. The van der Waals surface area contributed by atoms with Crippen LogP contribution in [0.4, 0.5) is 0 Å². The van der Waals surface area contributed by atoms with Crippen LogP contribution in [0.1, 0.15) is 11.8 Å². The van der Waals surface area contributed by atoms with Crippen LogP contribution in [0.25, 0.3) is 0 Å². The number of hydrogen-bond acceptors (Lipinski definition) is 5. The van der Waals surface area contributed by atoms with E-state index in [0.29, 0.717) is 22.8 Å². The lowest BCUT2D eigenvalue weighted by Gasteiger charge is -2.18. The fourth-order valence-corrected chi connectivity index (χ4v) is 1.45. The van der Waals surface area contributed by atoms with Crippen molar-refractivity contribution in [3.8, 4) is 17.2 Å². The molecule has 0 aliphatic rings. The van der Waals surface area contributed by atoms with Gasteiger partial charge in [0.15, 0.2) is 0 Å². The van der Waals surface area contributed by atoms with Gasteiger partial charge >= 0.3 is 0 Å². The van der Waals surface area contributed by atoms with Crippen LogP contribution < -0.4 is 19.5 Å². The van der Waals surface area contributed by atoms with Gasteiger partial charge in [-0.15, -0.1) is 0 Å². The van der Waals surface area contributed by atoms with Gasteiger partial charge < -0.3 is 19.3 Å². The van der Waals surface area contributed by atoms with E-state index >= 15 is 0 Å². The molecule has 0 aromatic heterocycles. The van der Waals surface area contributed by atoms with Gasteiger partial charge in [0.2, 0.25) is 0 Å². The zero-order chi connectivity index (χ0) is 12.1. The van der Waals surface area contributed by atoms with Crippen LogP contribution in [0.3, 0.4) is 0 Å². The maximum Gasteiger partial charge on any atom is 0.138 e. The lowest BCUT2D eigenvalue weighted by atomic mass is 10.1. The van der Waals surface area contributed by atoms with E-state index in [1.807, 2.05) is 0 Å². The summed E-state index contributed by atoms with van der Waals surface area (Å²) in [5.74, 6) is 1.64. The molecule has 2 N–H and O–H groups in total. The molecule has 1 rings (SSSR count). The molecule has 0 radical (unpaired) electrons. The van der Waals surface area contributed by atoms with Crippen molar-refractivity contribution in [3.63, 3.8) is 0 Å². The fraction of sp³-hybridized carbons (Fsp3) is 0.455. The SMILES string of the molecule is CNC(O)c1c(OC)cc(OC)cc1OC. The Kier molecular flexibility index (Phi) is 4.39. The number of benzene rings is 1. The first-order chi connectivity index (χ1) is 7.67. The zero-order valence-corrected chi connectivity index (χ0v) is 9.90. The summed E-state index contributed by atoms with van der Waals surface area (Å²) >= 11 is 0. The summed E-state index contributed by atoms with van der Waals surface area (Å²) in [5.41, 5.74) is 0.549. The summed E-state index contributed by atoms with van der Waals surface area (Å²) in [5, 5.41) is 12.5. The highest BCUT2D eigenvalue weighted by atomic mass is 16.5. The van der Waals surface area contributed by atoms with Gasteiger partial charge in [0.05, 0.1) is 26.9 Å². The first kappa shape index (κ1) is 12.6. The largest absolute Gasteiger partial charge is 0.496 e. The number of aliphatic hydroxyl groups excluding tert-OH is 1. The smallest absolute Gasteiger partial charge is 0.138 e. The van der Waals surface area contributed by atoms with Crippen molar-refractivity contribution in [2.75, 3.05) is 28.4 Å². The standard InChI is InChI=1S/C11H17NO4/c1-12-11(13)10-8(15-3)5-7(14-2)6-9(10)16-4/h5-6,11-13H,1-4H3. The maximum atomic E-state index is 9.80. The Morgan fingerprint density at radius 2 is 1.56 bits per heavy atom. The molecule has 1 aromatic rings. The summed E-state index contributed by atoms with van der Waals surface area (Å²) < 4.78 is 15.5. The highest BCUT2D eigenvalue weighted by molar-refractivity contribution is 5.51. The first-order valence-corrected chi connectivity index (χ1v) is 4.83. The molecule has 0 amide bonds. The monoisotopic (exact) mass is 227 g/mol. The first-order valence-electron chi connectivity index (χ1n) is 4.83. The Morgan fingerprint density at radius 1 is 1.06 bits per heavy atom. The minimum absolute atomic E-state index is 0.512. The molecular formula is C11H17NO4. The van der Waals surface area contributed by atoms with Gasteiger partial charge in [0, 0.05) is 12.1 Å². The molecule has 0 aliphatic carbocycles. The third-order valence-electron chi connectivity index (χ3n) is 2.30. The Bertz CT molecular complexity index is 329. The third-order valence-corrected chi connectivity index (χ3v) is 2.30. The van der Waals surface area contributed by atoms with Crippen LogP contribution in [0, 0.1) is 0 Å². The van der Waals surface area contributed by atoms with Crippen LogP contribution in [-0.2, 0) is 0 Å². The second-order valence-corrected chi connectivity index (χ2v) is 3.14. The molecule has 5 nitrogen and oxygen atoms in total. The van der Waals surface area contributed by atoms with E-state index in [0.717, 1.165) is 0 Å². The molecular weight excluding hydrogens is 210 g/mol. The third kappa shape index (κ3) is 2.37. The Hall–Kier alpha value is -1.46. The van der Waals surface area contributed by atoms with Crippen molar-refractivity contribution >= 4 is 0 Å². The van der Waals surface area contributed by atoms with Crippen molar-refractivity contribution in [3.05, 3.63) is 17.7 Å². The van der Waals surface area contributed by atoms with Crippen molar-refractivity contribution in [1.82, 2.24) is 5.32 Å². The van der Waals surface area contributed by atoms with Crippen LogP contribution in [0.15, 0.2) is 12.1 Å². The van der Waals surface area contributed by atoms with E-state index in [1.165, 1.54) is 14.2 Å². The predicted octanol–water partition coefficient (Wildman–Crippen LogP) is 0.923. The highest BCUT2D eigenvalue weighted by Gasteiger charge is 2.19. The van der Waals surface area contributed by atoms with Gasteiger partial charge in [-0.25, -0.2) is 0 Å². The molecule has 90 valence electrons. The van der Waals surface area contributed by atoms with E-state index in [-0.39, 0.29) is 0 Å². The number of nitrogens with one attached hydrogen (secondary N) is 1. The molecule has 1 unspecified atom stereocenters. The zero-order valence-electron chi connectivity index (χ0n) is 9.90. The minimum atomic E-state index is -0.851. The summed E-state index contributed by atoms with van der Waals surface area (Å²) in [7, 11) is 6.26. The number of aliphatic hydroxyl groups is 1. The maximum absolute atomic E-state index is 9.80. The summed E-state index contributed by atoms with van der Waals surface area (Å²) in [6.07, 6.45) is -0.851. The lowest BCUT2D eigenvalue weighted by Crippen LogP contribution is -2.17. The van der Waals surface area contributed by atoms with Crippen LogP contribution >= 0.6 is 0 Å². The molecule has 0 bridgehead atoms. The highest BCUT2D eigenvalue weighted by Crippen LogP contribution is 2.37.